The minimum atomic E-state index is 0.116. The number of likely N-dealkylation sites (tertiary alicyclic amines) is 2. The molecule has 2 aliphatic rings. The summed E-state index contributed by atoms with van der Waals surface area (Å²) in [4.78, 5) is 32.0. The molecule has 0 bridgehead atoms. The van der Waals surface area contributed by atoms with Crippen LogP contribution in [0.2, 0.25) is 0 Å². The van der Waals surface area contributed by atoms with Crippen LogP contribution in [0.1, 0.15) is 43.6 Å². The van der Waals surface area contributed by atoms with Crippen molar-refractivity contribution in [3.8, 4) is 0 Å². The van der Waals surface area contributed by atoms with Gasteiger partial charge >= 0.3 is 0 Å². The van der Waals surface area contributed by atoms with Crippen LogP contribution in [0.3, 0.4) is 0 Å². The largest absolute Gasteiger partial charge is 0.341 e. The van der Waals surface area contributed by atoms with E-state index in [4.69, 9.17) is 0 Å². The Labute approximate surface area is 143 Å². The first-order valence-corrected chi connectivity index (χ1v) is 9.09. The van der Waals surface area contributed by atoms with Crippen molar-refractivity contribution in [1.29, 1.82) is 0 Å². The summed E-state index contributed by atoms with van der Waals surface area (Å²) in [7, 11) is 0. The fourth-order valence-corrected chi connectivity index (χ4v) is 3.84. The van der Waals surface area contributed by atoms with Gasteiger partial charge in [-0.2, -0.15) is 0 Å². The van der Waals surface area contributed by atoms with E-state index >= 15 is 0 Å². The Kier molecular flexibility index (Phi) is 5.21. The maximum absolute atomic E-state index is 12.4. The Balaban J connectivity index is 1.42. The molecule has 2 aliphatic heterocycles. The van der Waals surface area contributed by atoms with E-state index in [1.165, 1.54) is 5.69 Å². The standard InChI is InChI=1S/C18H28N4O2/c1-14-12-19-15(2)22(14)11-7-16-5-9-20(10-6-16)18(24)13-21-8-3-4-17(21)23/h12,16H,3-11,13H2,1-2H3. The van der Waals surface area contributed by atoms with E-state index in [1.807, 2.05) is 18.0 Å². The first kappa shape index (κ1) is 17.0. The fraction of sp³-hybridized carbons (Fsp3) is 0.722. The van der Waals surface area contributed by atoms with Crippen LogP contribution in [0.25, 0.3) is 0 Å². The van der Waals surface area contributed by atoms with Gasteiger partial charge in [-0.1, -0.05) is 0 Å². The highest BCUT2D eigenvalue weighted by molar-refractivity contribution is 5.85. The fourth-order valence-electron chi connectivity index (χ4n) is 3.84. The normalized spacial score (nSPS) is 19.3. The zero-order valence-electron chi connectivity index (χ0n) is 14.8. The molecule has 2 saturated heterocycles. The topological polar surface area (TPSA) is 58.4 Å². The van der Waals surface area contributed by atoms with Gasteiger partial charge in [-0.25, -0.2) is 4.98 Å². The minimum Gasteiger partial charge on any atom is -0.341 e. The van der Waals surface area contributed by atoms with Crippen LogP contribution in [-0.4, -0.2) is 57.3 Å². The quantitative estimate of drug-likeness (QED) is 0.825. The number of piperidine rings is 1. The lowest BCUT2D eigenvalue weighted by molar-refractivity contribution is -0.139. The maximum atomic E-state index is 12.4. The molecule has 2 amide bonds. The van der Waals surface area contributed by atoms with E-state index in [1.54, 1.807) is 4.90 Å². The Morgan fingerprint density at radius 1 is 1.25 bits per heavy atom. The van der Waals surface area contributed by atoms with Crippen molar-refractivity contribution in [3.63, 3.8) is 0 Å². The average Bonchev–Trinajstić information content (AvgIpc) is 3.12. The summed E-state index contributed by atoms with van der Waals surface area (Å²) < 4.78 is 2.27. The number of hydrogen-bond acceptors (Lipinski definition) is 3. The van der Waals surface area contributed by atoms with Crippen molar-refractivity contribution >= 4 is 11.8 Å². The predicted molar refractivity (Wildman–Crippen MR) is 91.4 cm³/mol. The molecule has 0 spiro atoms. The third kappa shape index (κ3) is 3.79. The second-order valence-corrected chi connectivity index (χ2v) is 7.13. The Hall–Kier alpha value is -1.85. The molecule has 1 aromatic heterocycles. The Morgan fingerprint density at radius 3 is 2.58 bits per heavy atom. The van der Waals surface area contributed by atoms with Crippen molar-refractivity contribution in [2.45, 2.75) is 52.5 Å². The molecule has 0 N–H and O–H groups in total. The van der Waals surface area contributed by atoms with Gasteiger partial charge in [0.25, 0.3) is 0 Å². The van der Waals surface area contributed by atoms with Crippen LogP contribution in [0.15, 0.2) is 6.20 Å². The van der Waals surface area contributed by atoms with Crippen molar-refractivity contribution in [3.05, 3.63) is 17.7 Å². The zero-order chi connectivity index (χ0) is 17.1. The van der Waals surface area contributed by atoms with Gasteiger partial charge in [-0.05, 0) is 45.4 Å². The molecule has 6 nitrogen and oxygen atoms in total. The average molecular weight is 332 g/mol. The number of nitrogens with zero attached hydrogens (tertiary/aromatic N) is 4. The van der Waals surface area contributed by atoms with E-state index in [0.717, 1.165) is 57.7 Å². The van der Waals surface area contributed by atoms with Crippen molar-refractivity contribution in [1.82, 2.24) is 19.4 Å². The van der Waals surface area contributed by atoms with Crippen LogP contribution in [0.5, 0.6) is 0 Å². The number of imidazole rings is 1. The molecule has 0 aromatic carbocycles. The van der Waals surface area contributed by atoms with Crippen LogP contribution in [0, 0.1) is 19.8 Å². The molecule has 0 saturated carbocycles. The monoisotopic (exact) mass is 332 g/mol. The molecule has 3 rings (SSSR count). The first-order chi connectivity index (χ1) is 11.5. The molecular weight excluding hydrogens is 304 g/mol. The summed E-state index contributed by atoms with van der Waals surface area (Å²) in [5.41, 5.74) is 1.22. The van der Waals surface area contributed by atoms with Gasteiger partial charge in [-0.3, -0.25) is 9.59 Å². The van der Waals surface area contributed by atoms with Gasteiger partial charge in [0.05, 0.1) is 6.54 Å². The van der Waals surface area contributed by atoms with Gasteiger partial charge in [0, 0.05) is 44.5 Å². The van der Waals surface area contributed by atoms with Crippen molar-refractivity contribution < 1.29 is 9.59 Å². The van der Waals surface area contributed by atoms with Gasteiger partial charge in [0.15, 0.2) is 0 Å². The molecule has 132 valence electrons. The summed E-state index contributed by atoms with van der Waals surface area (Å²) in [6.45, 7) is 7.83. The number of rotatable bonds is 5. The highest BCUT2D eigenvalue weighted by atomic mass is 16.2. The molecule has 0 atom stereocenters. The highest BCUT2D eigenvalue weighted by Crippen LogP contribution is 2.22. The van der Waals surface area contributed by atoms with Crippen LogP contribution < -0.4 is 0 Å². The number of aryl methyl sites for hydroxylation is 2. The maximum Gasteiger partial charge on any atom is 0.242 e. The van der Waals surface area contributed by atoms with E-state index in [9.17, 15) is 9.59 Å². The smallest absolute Gasteiger partial charge is 0.242 e. The second-order valence-electron chi connectivity index (χ2n) is 7.13. The SMILES string of the molecule is Cc1cnc(C)n1CCC1CCN(C(=O)CN2CCCC2=O)CC1. The van der Waals surface area contributed by atoms with Crippen LogP contribution >= 0.6 is 0 Å². The summed E-state index contributed by atoms with van der Waals surface area (Å²) in [5, 5.41) is 0. The van der Waals surface area contributed by atoms with Gasteiger partial charge in [0.1, 0.15) is 5.82 Å². The lowest BCUT2D eigenvalue weighted by Crippen LogP contribution is -2.44. The van der Waals surface area contributed by atoms with Crippen LogP contribution in [-0.2, 0) is 16.1 Å². The Bertz CT molecular complexity index is 583. The summed E-state index contributed by atoms with van der Waals surface area (Å²) >= 11 is 0. The van der Waals surface area contributed by atoms with Gasteiger partial charge < -0.3 is 14.4 Å². The molecule has 0 unspecified atom stereocenters. The molecular formula is C18H28N4O2. The number of hydrogen-bond donors (Lipinski definition) is 0. The third-order valence-corrected chi connectivity index (χ3v) is 5.48. The second kappa shape index (κ2) is 7.36. The molecule has 0 radical (unpaired) electrons. The summed E-state index contributed by atoms with van der Waals surface area (Å²) in [6.07, 6.45) is 6.68. The van der Waals surface area contributed by atoms with E-state index < -0.39 is 0 Å². The molecule has 24 heavy (non-hydrogen) atoms. The highest BCUT2D eigenvalue weighted by Gasteiger charge is 2.27. The lowest BCUT2D eigenvalue weighted by atomic mass is 9.93. The summed E-state index contributed by atoms with van der Waals surface area (Å²) in [6, 6.07) is 0. The number of aromatic nitrogens is 2. The number of carbonyl (C=O) groups is 2. The molecule has 6 heteroatoms. The third-order valence-electron chi connectivity index (χ3n) is 5.48. The van der Waals surface area contributed by atoms with E-state index in [-0.39, 0.29) is 18.4 Å². The Morgan fingerprint density at radius 2 is 2.00 bits per heavy atom. The first-order valence-electron chi connectivity index (χ1n) is 9.09. The molecule has 0 aliphatic carbocycles. The van der Waals surface area contributed by atoms with E-state index in [2.05, 4.69) is 16.5 Å². The van der Waals surface area contributed by atoms with Crippen molar-refractivity contribution in [2.24, 2.45) is 5.92 Å². The van der Waals surface area contributed by atoms with Gasteiger partial charge in [0.2, 0.25) is 11.8 Å². The lowest BCUT2D eigenvalue weighted by Gasteiger charge is -2.33. The number of amides is 2. The number of carbonyl (C=O) groups excluding carboxylic acids is 2. The molecule has 1 aromatic rings. The zero-order valence-corrected chi connectivity index (χ0v) is 14.8. The molecule has 3 heterocycles. The minimum absolute atomic E-state index is 0.116. The molecule has 2 fully saturated rings. The van der Waals surface area contributed by atoms with Gasteiger partial charge in [-0.15, -0.1) is 0 Å². The predicted octanol–water partition coefficient (Wildman–Crippen LogP) is 1.75. The van der Waals surface area contributed by atoms with Crippen molar-refractivity contribution in [2.75, 3.05) is 26.2 Å². The van der Waals surface area contributed by atoms with E-state index in [0.29, 0.717) is 12.3 Å². The van der Waals surface area contributed by atoms with Crippen LogP contribution in [0.4, 0.5) is 0 Å². The summed E-state index contributed by atoms with van der Waals surface area (Å²) in [5.74, 6) is 1.99.